The van der Waals surface area contributed by atoms with Crippen LogP contribution in [0.5, 0.6) is 0 Å². The number of cyclic esters (lactones) is 1. The Kier molecular flexibility index (Phi) is 20.5. The van der Waals surface area contributed by atoms with Crippen LogP contribution in [0.15, 0.2) is 23.3 Å². The van der Waals surface area contributed by atoms with E-state index >= 15 is 0 Å². The van der Waals surface area contributed by atoms with Gasteiger partial charge in [-0.3, -0.25) is 4.79 Å². The summed E-state index contributed by atoms with van der Waals surface area (Å²) < 4.78 is 72.0. The van der Waals surface area contributed by atoms with Gasteiger partial charge in [0.25, 0.3) is 0 Å². The molecule has 15 N–H and O–H groups in total. The van der Waals surface area contributed by atoms with Crippen molar-refractivity contribution in [3.63, 3.8) is 0 Å². The minimum Gasteiger partial charge on any atom is -0.458 e. The van der Waals surface area contributed by atoms with Crippen molar-refractivity contribution in [2.45, 2.75) is 265 Å². The van der Waals surface area contributed by atoms with Gasteiger partial charge in [-0.1, -0.05) is 51.0 Å². The Labute approximate surface area is 510 Å². The number of hydrogen-bond acceptors (Lipinski definition) is 28. The Morgan fingerprint density at radius 2 is 1.10 bits per heavy atom. The van der Waals surface area contributed by atoms with E-state index in [2.05, 4.69) is 33.8 Å². The van der Waals surface area contributed by atoms with Crippen molar-refractivity contribution in [3.05, 3.63) is 23.3 Å². The Hall–Kier alpha value is -2.09. The van der Waals surface area contributed by atoms with Crippen LogP contribution in [-0.2, 0) is 61.6 Å². The lowest BCUT2D eigenvalue weighted by atomic mass is 9.40. The zero-order valence-corrected chi connectivity index (χ0v) is 51.1. The number of rotatable bonds is 18. The van der Waals surface area contributed by atoms with Crippen molar-refractivity contribution in [1.82, 2.24) is 0 Å². The molecule has 6 heterocycles. The van der Waals surface area contributed by atoms with Crippen LogP contribution in [0.4, 0.5) is 0 Å². The molecule has 504 valence electrons. The number of allylic oxidation sites excluding steroid dienone is 3. The molecule has 6 aliphatic heterocycles. The van der Waals surface area contributed by atoms with Crippen molar-refractivity contribution in [2.24, 2.45) is 39.4 Å². The van der Waals surface area contributed by atoms with Crippen LogP contribution in [0.25, 0.3) is 0 Å². The van der Waals surface area contributed by atoms with Crippen molar-refractivity contribution in [3.8, 4) is 0 Å². The number of methoxy groups -OCH3 is 1. The van der Waals surface area contributed by atoms with Crippen LogP contribution in [0.1, 0.15) is 99.8 Å². The molecule has 10 rings (SSSR count). The smallest absolute Gasteiger partial charge is 0.316 e. The van der Waals surface area contributed by atoms with Crippen LogP contribution in [0.3, 0.4) is 0 Å². The summed E-state index contributed by atoms with van der Waals surface area (Å²) in [5.74, 6) is -0.614. The van der Waals surface area contributed by atoms with Crippen LogP contribution in [0.2, 0.25) is 0 Å². The van der Waals surface area contributed by atoms with E-state index in [0.29, 0.717) is 19.3 Å². The first-order chi connectivity index (χ1) is 41.5. The lowest BCUT2D eigenvalue weighted by Crippen LogP contribution is -2.67. The number of aliphatic hydroxyl groups is 15. The van der Waals surface area contributed by atoms with E-state index in [-0.39, 0.29) is 23.7 Å². The first-order valence-electron chi connectivity index (χ1n) is 31.1. The second kappa shape index (κ2) is 26.3. The number of esters is 1. The third kappa shape index (κ3) is 11.4. The topological polar surface area (TPSA) is 431 Å². The van der Waals surface area contributed by atoms with Gasteiger partial charge in [0.05, 0.1) is 45.2 Å². The van der Waals surface area contributed by atoms with Crippen molar-refractivity contribution in [1.29, 1.82) is 0 Å². The average Bonchev–Trinajstić information content (AvgIpc) is 1.42. The summed E-state index contributed by atoms with van der Waals surface area (Å²) in [7, 11) is 1.17. The number of carbonyl (C=O) groups is 1. The molecule has 28 nitrogen and oxygen atoms in total. The van der Waals surface area contributed by atoms with Gasteiger partial charge in [-0.05, 0) is 100 Å². The summed E-state index contributed by atoms with van der Waals surface area (Å²) in [6.07, 6.45) is -34.1. The highest BCUT2D eigenvalue weighted by atomic mass is 16.8. The van der Waals surface area contributed by atoms with Gasteiger partial charge in [0.1, 0.15) is 127 Å². The van der Waals surface area contributed by atoms with E-state index in [1.807, 2.05) is 26.8 Å². The van der Waals surface area contributed by atoms with Crippen LogP contribution in [-0.4, -0.2) is 288 Å². The number of aliphatic hydroxyl groups excluding tert-OH is 15. The maximum absolute atomic E-state index is 14.5. The Balaban J connectivity index is 0.881. The summed E-state index contributed by atoms with van der Waals surface area (Å²) >= 11 is 0. The van der Waals surface area contributed by atoms with Gasteiger partial charge in [-0.2, -0.15) is 0 Å². The summed E-state index contributed by atoms with van der Waals surface area (Å²) in [6.45, 7) is 10.8. The summed E-state index contributed by atoms with van der Waals surface area (Å²) in [5.41, 5.74) is -1.32. The van der Waals surface area contributed by atoms with Crippen LogP contribution < -0.4 is 0 Å². The highest BCUT2D eigenvalue weighted by Gasteiger charge is 2.79. The largest absolute Gasteiger partial charge is 0.458 e. The molecule has 88 heavy (non-hydrogen) atoms. The SMILES string of the molecule is COC1C(O)C(CO)OC(OC2C(O)C(CO)OC(OC3C(CO)OC(OC4C(OC5CCC6(C)C7=CC(O)C89C(=O)OC(C)(CCC=C(C)C)C8CCC9(C)C7CCC6C5(C)C)OCC(OC5OC(CO)C(O)C(O)C5O)C4O)C(O)C3O)C2O)C1O. The van der Waals surface area contributed by atoms with Gasteiger partial charge in [0.2, 0.25) is 0 Å². The molecule has 0 aromatic rings. The van der Waals surface area contributed by atoms with Crippen molar-refractivity contribution in [2.75, 3.05) is 40.1 Å². The molecule has 6 saturated heterocycles. The Morgan fingerprint density at radius 3 is 1.72 bits per heavy atom. The van der Waals surface area contributed by atoms with Crippen molar-refractivity contribution >= 4 is 5.97 Å². The first kappa shape index (κ1) is 68.8. The fourth-order valence-electron chi connectivity index (χ4n) is 17.5. The van der Waals surface area contributed by atoms with E-state index in [0.717, 1.165) is 37.7 Å². The number of ether oxygens (including phenoxy) is 12. The molecule has 0 bridgehead atoms. The monoisotopic (exact) mass is 1260 g/mol. The number of hydrogen-bond donors (Lipinski definition) is 15. The standard InChI is InChI=1S/C60H96O28/c1-24(2)10-9-15-59(7)33-13-17-58(6)25-11-12-32-56(3,4)35(14-16-57(32,5)26(25)18-34(65)60(33,58)55(76)88-59)84-54-49(39(69)31(23-78-54)83-50-42(72)40(70)36(66)27(19-61)79-50)87-51-43(73)41(71)46(30(22-64)82-51)85-53-45(75)48(38(68)29(21-63)81-53)86-52-44(74)47(77-8)37(67)28(20-62)80-52/h10,18,25,27-54,61-75H,9,11-17,19-23H2,1-8H3. The van der Waals surface area contributed by atoms with Gasteiger partial charge < -0.3 is 133 Å². The molecule has 1 spiro atoms. The average molecular weight is 1270 g/mol. The summed E-state index contributed by atoms with van der Waals surface area (Å²) in [6, 6.07) is 0. The normalized spacial score (nSPS) is 52.6. The van der Waals surface area contributed by atoms with E-state index in [9.17, 15) is 81.4 Å². The molecule has 0 aromatic heterocycles. The molecule has 3 saturated carbocycles. The maximum Gasteiger partial charge on any atom is 0.316 e. The number of fused-ring (bicyclic) bond motifs is 4. The molecule has 0 radical (unpaired) electrons. The predicted octanol–water partition coefficient (Wildman–Crippen LogP) is -3.62. The fraction of sp³-hybridized carbons (Fsp3) is 0.917. The Bertz CT molecular complexity index is 2460. The summed E-state index contributed by atoms with van der Waals surface area (Å²) in [4.78, 5) is 14.5. The molecular formula is C60H96O28. The summed E-state index contributed by atoms with van der Waals surface area (Å²) in [5, 5.41) is 166. The quantitative estimate of drug-likeness (QED) is 0.0358. The third-order valence-electron chi connectivity index (χ3n) is 22.3. The molecule has 0 amide bonds. The van der Waals surface area contributed by atoms with Gasteiger partial charge in [0, 0.05) is 13.0 Å². The minimum absolute atomic E-state index is 0.0289. The molecule has 4 aliphatic carbocycles. The second-order valence-electron chi connectivity index (χ2n) is 27.7. The maximum atomic E-state index is 14.5. The molecule has 0 aromatic carbocycles. The molecule has 33 atom stereocenters. The van der Waals surface area contributed by atoms with Crippen LogP contribution >= 0.6 is 0 Å². The molecule has 28 heteroatoms. The van der Waals surface area contributed by atoms with E-state index in [4.69, 9.17) is 56.8 Å². The van der Waals surface area contributed by atoms with Crippen molar-refractivity contribution < 1.29 is 138 Å². The van der Waals surface area contributed by atoms with E-state index < -0.39 is 220 Å². The molecule has 9 fully saturated rings. The minimum atomic E-state index is -2.13. The lowest BCUT2D eigenvalue weighted by Gasteiger charge is -2.64. The number of carbonyl (C=O) groups excluding carboxylic acids is 1. The molecular weight excluding hydrogens is 1170 g/mol. The van der Waals surface area contributed by atoms with Gasteiger partial charge in [-0.15, -0.1) is 0 Å². The molecule has 33 unspecified atom stereocenters. The van der Waals surface area contributed by atoms with Gasteiger partial charge >= 0.3 is 5.97 Å². The van der Waals surface area contributed by atoms with Gasteiger partial charge in [0.15, 0.2) is 31.5 Å². The highest BCUT2D eigenvalue weighted by molar-refractivity contribution is 5.84. The van der Waals surface area contributed by atoms with E-state index in [1.165, 1.54) is 12.7 Å². The van der Waals surface area contributed by atoms with E-state index in [1.54, 1.807) is 0 Å². The zero-order valence-electron chi connectivity index (χ0n) is 51.1. The third-order valence-corrected chi connectivity index (χ3v) is 22.3. The molecule has 10 aliphatic rings. The fourth-order valence-corrected chi connectivity index (χ4v) is 17.5. The highest BCUT2D eigenvalue weighted by Crippen LogP contribution is 2.76. The predicted molar refractivity (Wildman–Crippen MR) is 296 cm³/mol. The Morgan fingerprint density at radius 1 is 0.557 bits per heavy atom. The van der Waals surface area contributed by atoms with Gasteiger partial charge in [-0.25, -0.2) is 0 Å². The van der Waals surface area contributed by atoms with Crippen LogP contribution in [0, 0.1) is 39.4 Å². The lowest BCUT2D eigenvalue weighted by molar-refractivity contribution is -0.396. The zero-order chi connectivity index (χ0) is 64.1. The second-order valence-corrected chi connectivity index (χ2v) is 27.7. The first-order valence-corrected chi connectivity index (χ1v) is 31.1.